The lowest BCUT2D eigenvalue weighted by molar-refractivity contribution is -0.171. The quantitative estimate of drug-likeness (QED) is 0.722. The summed E-state index contributed by atoms with van der Waals surface area (Å²) in [5, 5.41) is 4.98. The number of carbonyl (C=O) groups excluding carboxylic acids is 2. The summed E-state index contributed by atoms with van der Waals surface area (Å²) in [6, 6.07) is 5.84. The van der Waals surface area contributed by atoms with Crippen molar-refractivity contribution >= 4 is 11.8 Å². The molecule has 2 fully saturated rings. The van der Waals surface area contributed by atoms with Gasteiger partial charge in [0.25, 0.3) is 0 Å². The summed E-state index contributed by atoms with van der Waals surface area (Å²) < 4.78 is 38.6. The van der Waals surface area contributed by atoms with Crippen LogP contribution >= 0.6 is 0 Å². The monoisotopic (exact) mass is 410 g/mol. The Bertz CT molecular complexity index is 725. The van der Waals surface area contributed by atoms with E-state index in [0.717, 1.165) is 36.8 Å². The molecule has 29 heavy (non-hydrogen) atoms. The molecule has 1 aromatic rings. The van der Waals surface area contributed by atoms with Gasteiger partial charge in [0.2, 0.25) is 11.8 Å². The zero-order chi connectivity index (χ0) is 21.2. The van der Waals surface area contributed by atoms with Crippen molar-refractivity contribution in [2.45, 2.75) is 70.6 Å². The maximum absolute atomic E-state index is 12.9. The molecule has 3 rings (SSSR count). The average molecular weight is 410 g/mol. The number of carbonyl (C=O) groups is 2. The van der Waals surface area contributed by atoms with Crippen LogP contribution in [-0.2, 0) is 9.59 Å². The minimum absolute atomic E-state index is 0.0931. The van der Waals surface area contributed by atoms with Gasteiger partial charge in [-0.15, -0.1) is 0 Å². The summed E-state index contributed by atoms with van der Waals surface area (Å²) in [6.07, 6.45) is -0.728. The van der Waals surface area contributed by atoms with Crippen LogP contribution < -0.4 is 10.6 Å². The van der Waals surface area contributed by atoms with Crippen LogP contribution in [0.25, 0.3) is 0 Å². The van der Waals surface area contributed by atoms with E-state index >= 15 is 0 Å². The Balaban J connectivity index is 1.72. The summed E-state index contributed by atoms with van der Waals surface area (Å²) in [7, 11) is 0. The van der Waals surface area contributed by atoms with Gasteiger partial charge in [0.15, 0.2) is 0 Å². The fraction of sp³-hybridized carbons (Fsp3) is 0.636. The van der Waals surface area contributed by atoms with Crippen molar-refractivity contribution in [2.75, 3.05) is 0 Å². The van der Waals surface area contributed by atoms with Gasteiger partial charge in [-0.05, 0) is 50.0 Å². The van der Waals surface area contributed by atoms with Gasteiger partial charge in [0.05, 0.1) is 6.04 Å². The van der Waals surface area contributed by atoms with Gasteiger partial charge in [0, 0.05) is 0 Å². The summed E-state index contributed by atoms with van der Waals surface area (Å²) in [5.41, 5.74) is 2.09. The lowest BCUT2D eigenvalue weighted by atomic mass is 9.77. The summed E-state index contributed by atoms with van der Waals surface area (Å²) >= 11 is 0. The van der Waals surface area contributed by atoms with Crippen molar-refractivity contribution in [3.05, 3.63) is 35.4 Å². The van der Waals surface area contributed by atoms with Crippen LogP contribution in [-0.4, -0.2) is 24.0 Å². The second-order valence-corrected chi connectivity index (χ2v) is 8.65. The first-order chi connectivity index (χ1) is 13.6. The first-order valence-electron chi connectivity index (χ1n) is 10.4. The molecular formula is C22H29F3N2O2. The van der Waals surface area contributed by atoms with Crippen molar-refractivity contribution in [3.63, 3.8) is 0 Å². The molecule has 2 amide bonds. The van der Waals surface area contributed by atoms with E-state index in [1.54, 1.807) is 0 Å². The van der Waals surface area contributed by atoms with E-state index in [9.17, 15) is 22.8 Å². The van der Waals surface area contributed by atoms with E-state index in [2.05, 4.69) is 12.2 Å². The van der Waals surface area contributed by atoms with Gasteiger partial charge in [-0.3, -0.25) is 9.59 Å². The fourth-order valence-corrected chi connectivity index (χ4v) is 4.42. The number of nitrogens with one attached hydrogen (secondary N) is 2. The Kier molecular flexibility index (Phi) is 6.54. The molecule has 0 bridgehead atoms. The molecule has 1 saturated carbocycles. The molecule has 2 aliphatic rings. The number of hydrogen-bond acceptors (Lipinski definition) is 2. The van der Waals surface area contributed by atoms with Crippen molar-refractivity contribution < 1.29 is 22.8 Å². The second kappa shape index (κ2) is 8.76. The molecule has 2 N–H and O–H groups in total. The first-order valence-corrected chi connectivity index (χ1v) is 10.4. The number of hydrogen-bond donors (Lipinski definition) is 2. The third-order valence-corrected chi connectivity index (χ3v) is 6.35. The van der Waals surface area contributed by atoms with E-state index < -0.39 is 30.0 Å². The number of benzene rings is 1. The number of aryl methyl sites for hydroxylation is 1. The smallest absolute Gasteiger partial charge is 0.348 e. The summed E-state index contributed by atoms with van der Waals surface area (Å²) in [5.74, 6) is -1.48. The molecule has 0 radical (unpaired) electrons. The zero-order valence-corrected chi connectivity index (χ0v) is 16.9. The summed E-state index contributed by atoms with van der Waals surface area (Å²) in [6.45, 7) is 4.21. The number of piperidine rings is 1. The first kappa shape index (κ1) is 21.7. The minimum atomic E-state index is -4.49. The van der Waals surface area contributed by atoms with E-state index in [1.807, 2.05) is 36.5 Å². The van der Waals surface area contributed by atoms with Gasteiger partial charge in [-0.25, -0.2) is 0 Å². The highest BCUT2D eigenvalue weighted by molar-refractivity contribution is 6.01. The Morgan fingerprint density at radius 2 is 1.69 bits per heavy atom. The minimum Gasteiger partial charge on any atom is -0.348 e. The van der Waals surface area contributed by atoms with E-state index in [-0.39, 0.29) is 24.8 Å². The molecule has 1 aliphatic heterocycles. The van der Waals surface area contributed by atoms with Crippen LogP contribution in [0.2, 0.25) is 0 Å². The molecule has 3 unspecified atom stereocenters. The molecular weight excluding hydrogens is 381 g/mol. The highest BCUT2D eigenvalue weighted by Gasteiger charge is 2.46. The number of alkyl halides is 3. The molecule has 1 aliphatic carbocycles. The summed E-state index contributed by atoms with van der Waals surface area (Å²) in [4.78, 5) is 25.1. The lowest BCUT2D eigenvalue weighted by Crippen LogP contribution is -2.55. The molecule has 3 atom stereocenters. The van der Waals surface area contributed by atoms with Gasteiger partial charge < -0.3 is 10.6 Å². The maximum atomic E-state index is 12.9. The van der Waals surface area contributed by atoms with Gasteiger partial charge in [-0.1, -0.05) is 49.6 Å². The van der Waals surface area contributed by atoms with E-state index in [4.69, 9.17) is 0 Å². The molecule has 1 aromatic carbocycles. The number of amides is 2. The Hall–Kier alpha value is -2.05. The molecule has 0 spiro atoms. The highest BCUT2D eigenvalue weighted by Crippen LogP contribution is 2.37. The van der Waals surface area contributed by atoms with Crippen LogP contribution in [0.5, 0.6) is 0 Å². The average Bonchev–Trinajstić information content (AvgIpc) is 2.67. The highest BCUT2D eigenvalue weighted by atomic mass is 19.4. The molecule has 0 aromatic heterocycles. The second-order valence-electron chi connectivity index (χ2n) is 8.65. The predicted molar refractivity (Wildman–Crippen MR) is 104 cm³/mol. The Labute approximate surface area is 169 Å². The number of halogens is 3. The normalized spacial score (nSPS) is 29.1. The third-order valence-electron chi connectivity index (χ3n) is 6.35. The van der Waals surface area contributed by atoms with Crippen LogP contribution in [0.15, 0.2) is 24.3 Å². The predicted octanol–water partition coefficient (Wildman–Crippen LogP) is 4.44. The molecule has 160 valence electrons. The Morgan fingerprint density at radius 1 is 1.07 bits per heavy atom. The standard InChI is InChI=1S/C22H29F3N2O2/c1-13-3-7-15(8-4-13)19(16-9-5-14(2)6-10-16)27-21(29)17-11-12-18(22(23,24)25)26-20(17)28/h3-4,7-8,14,16-19H,5-6,9-12H2,1-2H3,(H,26,28)(H,27,29). The maximum Gasteiger partial charge on any atom is 0.408 e. The van der Waals surface area contributed by atoms with Crippen LogP contribution in [0.4, 0.5) is 13.2 Å². The van der Waals surface area contributed by atoms with Crippen LogP contribution in [0.3, 0.4) is 0 Å². The third kappa shape index (κ3) is 5.31. The van der Waals surface area contributed by atoms with Gasteiger partial charge >= 0.3 is 6.18 Å². The van der Waals surface area contributed by atoms with Gasteiger partial charge in [-0.2, -0.15) is 13.2 Å². The van der Waals surface area contributed by atoms with Crippen molar-refractivity contribution in [1.82, 2.24) is 10.6 Å². The zero-order valence-electron chi connectivity index (χ0n) is 16.9. The van der Waals surface area contributed by atoms with Crippen molar-refractivity contribution in [2.24, 2.45) is 17.8 Å². The van der Waals surface area contributed by atoms with Crippen molar-refractivity contribution in [3.8, 4) is 0 Å². The molecule has 1 saturated heterocycles. The lowest BCUT2D eigenvalue weighted by Gasteiger charge is -2.35. The Morgan fingerprint density at radius 3 is 2.24 bits per heavy atom. The van der Waals surface area contributed by atoms with Crippen LogP contribution in [0, 0.1) is 24.7 Å². The van der Waals surface area contributed by atoms with E-state index in [1.165, 1.54) is 0 Å². The van der Waals surface area contributed by atoms with Gasteiger partial charge in [0.1, 0.15) is 12.0 Å². The van der Waals surface area contributed by atoms with E-state index in [0.29, 0.717) is 5.92 Å². The largest absolute Gasteiger partial charge is 0.408 e. The molecule has 7 heteroatoms. The fourth-order valence-electron chi connectivity index (χ4n) is 4.42. The van der Waals surface area contributed by atoms with Crippen LogP contribution in [0.1, 0.15) is 62.6 Å². The topological polar surface area (TPSA) is 58.2 Å². The molecule has 1 heterocycles. The van der Waals surface area contributed by atoms with Crippen molar-refractivity contribution in [1.29, 1.82) is 0 Å². The SMILES string of the molecule is Cc1ccc(C(NC(=O)C2CCC(C(F)(F)F)NC2=O)C2CCC(C)CC2)cc1. The molecule has 4 nitrogen and oxygen atoms in total. The number of rotatable bonds is 4.